The highest BCUT2D eigenvalue weighted by molar-refractivity contribution is 6.31. The molecule has 0 bridgehead atoms. The van der Waals surface area contributed by atoms with Crippen LogP contribution in [0.1, 0.15) is 38.3 Å². The maximum absolute atomic E-state index is 6.12. The predicted octanol–water partition coefficient (Wildman–Crippen LogP) is 3.28. The SMILES string of the molecule is CC(C)CCC(NN)c1ccccc1Cl. The van der Waals surface area contributed by atoms with Crippen molar-refractivity contribution in [3.63, 3.8) is 0 Å². The fourth-order valence-electron chi connectivity index (χ4n) is 1.59. The normalized spacial score (nSPS) is 13.1. The molecule has 1 rings (SSSR count). The number of hydrogen-bond donors (Lipinski definition) is 2. The second-order valence-electron chi connectivity index (χ2n) is 4.21. The maximum Gasteiger partial charge on any atom is 0.0474 e. The third kappa shape index (κ3) is 3.82. The fraction of sp³-hybridized carbons (Fsp3) is 0.500. The Morgan fingerprint density at radius 2 is 1.93 bits per heavy atom. The molecule has 84 valence electrons. The molecule has 0 aromatic heterocycles. The third-order valence-electron chi connectivity index (χ3n) is 2.51. The second-order valence-corrected chi connectivity index (χ2v) is 4.62. The number of halogens is 1. The van der Waals surface area contributed by atoms with E-state index in [0.29, 0.717) is 5.92 Å². The Kier molecular flexibility index (Phi) is 5.09. The molecule has 0 radical (unpaired) electrons. The Morgan fingerprint density at radius 3 is 2.47 bits per heavy atom. The molecule has 1 aromatic rings. The first-order chi connectivity index (χ1) is 7.15. The fourth-order valence-corrected chi connectivity index (χ4v) is 1.85. The standard InChI is InChI=1S/C12H19ClN2/c1-9(2)7-8-12(15-14)10-5-3-4-6-11(10)13/h3-6,9,12,15H,7-8,14H2,1-2H3. The molecule has 0 amide bonds. The summed E-state index contributed by atoms with van der Waals surface area (Å²) in [5.74, 6) is 6.23. The van der Waals surface area contributed by atoms with Gasteiger partial charge in [0.25, 0.3) is 0 Å². The number of rotatable bonds is 5. The quantitative estimate of drug-likeness (QED) is 0.597. The lowest BCUT2D eigenvalue weighted by atomic mass is 9.98. The van der Waals surface area contributed by atoms with Crippen molar-refractivity contribution in [2.24, 2.45) is 11.8 Å². The summed E-state index contributed by atoms with van der Waals surface area (Å²) in [7, 11) is 0. The van der Waals surface area contributed by atoms with Crippen LogP contribution in [0.4, 0.5) is 0 Å². The first kappa shape index (κ1) is 12.5. The lowest BCUT2D eigenvalue weighted by Gasteiger charge is -2.18. The van der Waals surface area contributed by atoms with Gasteiger partial charge in [-0.05, 0) is 30.4 Å². The first-order valence-electron chi connectivity index (χ1n) is 5.35. The lowest BCUT2D eigenvalue weighted by molar-refractivity contribution is 0.448. The largest absolute Gasteiger partial charge is 0.271 e. The molecule has 0 spiro atoms. The molecular weight excluding hydrogens is 208 g/mol. The molecule has 1 aromatic carbocycles. The Bertz CT molecular complexity index is 299. The summed E-state index contributed by atoms with van der Waals surface area (Å²) >= 11 is 6.12. The topological polar surface area (TPSA) is 38.0 Å². The van der Waals surface area contributed by atoms with Gasteiger partial charge in [0.05, 0.1) is 0 Å². The molecule has 0 aliphatic heterocycles. The number of hydrogen-bond acceptors (Lipinski definition) is 2. The van der Waals surface area contributed by atoms with E-state index in [0.717, 1.165) is 23.4 Å². The Labute approximate surface area is 96.8 Å². The van der Waals surface area contributed by atoms with E-state index in [1.165, 1.54) is 0 Å². The summed E-state index contributed by atoms with van der Waals surface area (Å²) < 4.78 is 0. The lowest BCUT2D eigenvalue weighted by Crippen LogP contribution is -2.28. The average Bonchev–Trinajstić information content (AvgIpc) is 2.21. The highest BCUT2D eigenvalue weighted by Crippen LogP contribution is 2.26. The number of benzene rings is 1. The highest BCUT2D eigenvalue weighted by atomic mass is 35.5. The zero-order valence-corrected chi connectivity index (χ0v) is 10.1. The summed E-state index contributed by atoms with van der Waals surface area (Å²) in [4.78, 5) is 0. The van der Waals surface area contributed by atoms with Crippen LogP contribution in [0.15, 0.2) is 24.3 Å². The van der Waals surface area contributed by atoms with E-state index < -0.39 is 0 Å². The van der Waals surface area contributed by atoms with Gasteiger partial charge in [0.2, 0.25) is 0 Å². The highest BCUT2D eigenvalue weighted by Gasteiger charge is 2.12. The van der Waals surface area contributed by atoms with Gasteiger partial charge in [0.15, 0.2) is 0 Å². The van der Waals surface area contributed by atoms with E-state index in [1.54, 1.807) is 0 Å². The summed E-state index contributed by atoms with van der Waals surface area (Å²) in [6.45, 7) is 4.42. The molecule has 1 atom stereocenters. The van der Waals surface area contributed by atoms with Gasteiger partial charge < -0.3 is 0 Å². The van der Waals surface area contributed by atoms with Crippen LogP contribution in [0.5, 0.6) is 0 Å². The van der Waals surface area contributed by atoms with Crippen molar-refractivity contribution in [2.75, 3.05) is 0 Å². The minimum absolute atomic E-state index is 0.154. The van der Waals surface area contributed by atoms with Gasteiger partial charge in [0, 0.05) is 11.1 Å². The Hall–Kier alpha value is -0.570. The summed E-state index contributed by atoms with van der Waals surface area (Å²) in [6.07, 6.45) is 2.15. The van der Waals surface area contributed by atoms with Gasteiger partial charge in [-0.1, -0.05) is 43.6 Å². The van der Waals surface area contributed by atoms with Crippen LogP contribution >= 0.6 is 11.6 Å². The van der Waals surface area contributed by atoms with Crippen LogP contribution in [0.3, 0.4) is 0 Å². The van der Waals surface area contributed by atoms with E-state index >= 15 is 0 Å². The van der Waals surface area contributed by atoms with Crippen molar-refractivity contribution < 1.29 is 0 Å². The molecule has 3 N–H and O–H groups in total. The third-order valence-corrected chi connectivity index (χ3v) is 2.86. The monoisotopic (exact) mass is 226 g/mol. The molecule has 0 fully saturated rings. The predicted molar refractivity (Wildman–Crippen MR) is 65.6 cm³/mol. The van der Waals surface area contributed by atoms with Crippen LogP contribution in [-0.4, -0.2) is 0 Å². The molecule has 15 heavy (non-hydrogen) atoms. The molecule has 0 saturated heterocycles. The first-order valence-corrected chi connectivity index (χ1v) is 5.73. The molecule has 0 heterocycles. The van der Waals surface area contributed by atoms with Gasteiger partial charge in [-0.25, -0.2) is 0 Å². The van der Waals surface area contributed by atoms with Gasteiger partial charge in [-0.3, -0.25) is 11.3 Å². The van der Waals surface area contributed by atoms with Gasteiger partial charge in [0.1, 0.15) is 0 Å². The smallest absolute Gasteiger partial charge is 0.0474 e. The summed E-state index contributed by atoms with van der Waals surface area (Å²) in [5.41, 5.74) is 3.92. The molecule has 3 heteroatoms. The van der Waals surface area contributed by atoms with Crippen LogP contribution in [0, 0.1) is 5.92 Å². The number of hydrazine groups is 1. The van der Waals surface area contributed by atoms with Crippen molar-refractivity contribution in [2.45, 2.75) is 32.7 Å². The van der Waals surface area contributed by atoms with E-state index in [2.05, 4.69) is 19.3 Å². The number of nitrogens with one attached hydrogen (secondary N) is 1. The summed E-state index contributed by atoms with van der Waals surface area (Å²) in [5, 5.41) is 0.782. The zero-order chi connectivity index (χ0) is 11.3. The molecular formula is C12H19ClN2. The van der Waals surface area contributed by atoms with E-state index in [4.69, 9.17) is 17.4 Å². The maximum atomic E-state index is 6.12. The van der Waals surface area contributed by atoms with Gasteiger partial charge >= 0.3 is 0 Å². The van der Waals surface area contributed by atoms with Crippen molar-refractivity contribution in [1.82, 2.24) is 5.43 Å². The zero-order valence-electron chi connectivity index (χ0n) is 9.33. The molecule has 2 nitrogen and oxygen atoms in total. The molecule has 0 aliphatic rings. The van der Waals surface area contributed by atoms with Crippen LogP contribution < -0.4 is 11.3 Å². The number of nitrogens with two attached hydrogens (primary N) is 1. The average molecular weight is 227 g/mol. The van der Waals surface area contributed by atoms with Crippen LogP contribution in [0.2, 0.25) is 5.02 Å². The minimum atomic E-state index is 0.154. The molecule has 0 aliphatic carbocycles. The van der Waals surface area contributed by atoms with E-state index in [-0.39, 0.29) is 6.04 Å². The second kappa shape index (κ2) is 6.11. The van der Waals surface area contributed by atoms with E-state index in [9.17, 15) is 0 Å². The van der Waals surface area contributed by atoms with Crippen LogP contribution in [0.25, 0.3) is 0 Å². The van der Waals surface area contributed by atoms with Crippen LogP contribution in [-0.2, 0) is 0 Å². The Balaban J connectivity index is 2.70. The Morgan fingerprint density at radius 1 is 1.27 bits per heavy atom. The van der Waals surface area contributed by atoms with Gasteiger partial charge in [-0.15, -0.1) is 0 Å². The van der Waals surface area contributed by atoms with Crippen molar-refractivity contribution in [1.29, 1.82) is 0 Å². The van der Waals surface area contributed by atoms with E-state index in [1.807, 2.05) is 24.3 Å². The van der Waals surface area contributed by atoms with Crippen molar-refractivity contribution in [3.8, 4) is 0 Å². The molecule has 1 unspecified atom stereocenters. The van der Waals surface area contributed by atoms with Crippen molar-refractivity contribution in [3.05, 3.63) is 34.9 Å². The van der Waals surface area contributed by atoms with Gasteiger partial charge in [-0.2, -0.15) is 0 Å². The van der Waals surface area contributed by atoms with Crippen molar-refractivity contribution >= 4 is 11.6 Å². The summed E-state index contributed by atoms with van der Waals surface area (Å²) in [6, 6.07) is 7.99. The minimum Gasteiger partial charge on any atom is -0.271 e. The molecule has 0 saturated carbocycles.